The Morgan fingerprint density at radius 1 is 1.12 bits per heavy atom. The number of hydrogen-bond donors (Lipinski definition) is 2. The zero-order valence-corrected chi connectivity index (χ0v) is 14.6. The van der Waals surface area contributed by atoms with Crippen LogP contribution in [-0.2, 0) is 4.79 Å². The second-order valence-electron chi connectivity index (χ2n) is 4.86. The van der Waals surface area contributed by atoms with Gasteiger partial charge < -0.3 is 10.1 Å². The molecule has 3 rings (SSSR count). The van der Waals surface area contributed by atoms with Gasteiger partial charge in [-0.2, -0.15) is 0 Å². The molecular weight excluding hydrogens is 392 g/mol. The first-order chi connectivity index (χ1) is 11.5. The molecule has 5 nitrogen and oxygen atoms in total. The van der Waals surface area contributed by atoms with E-state index in [2.05, 4.69) is 21.2 Å². The summed E-state index contributed by atoms with van der Waals surface area (Å²) in [5.41, 5.74) is 1.24. The molecule has 2 N–H and O–H groups in total. The highest BCUT2D eigenvalue weighted by atomic mass is 79.9. The summed E-state index contributed by atoms with van der Waals surface area (Å²) in [6.45, 7) is 0. The Hall–Kier alpha value is -2.38. The molecule has 0 spiro atoms. The normalized spacial score (nSPS) is 15.5. The van der Waals surface area contributed by atoms with Crippen LogP contribution in [0.5, 0.6) is 5.75 Å². The SMILES string of the molecule is N=C1NC(=O)/C(=C/c2ccc(OC(=O)c3ccc(Br)cc3)cc2)S1. The van der Waals surface area contributed by atoms with Crippen LogP contribution in [0.1, 0.15) is 15.9 Å². The maximum Gasteiger partial charge on any atom is 0.343 e. The van der Waals surface area contributed by atoms with Gasteiger partial charge in [0.15, 0.2) is 5.17 Å². The van der Waals surface area contributed by atoms with Gasteiger partial charge in [-0.15, -0.1) is 0 Å². The third kappa shape index (κ3) is 3.93. The molecule has 1 saturated heterocycles. The first kappa shape index (κ1) is 16.5. The Kier molecular flexibility index (Phi) is 4.82. The van der Waals surface area contributed by atoms with Crippen LogP contribution in [0.2, 0.25) is 0 Å². The van der Waals surface area contributed by atoms with E-state index >= 15 is 0 Å². The van der Waals surface area contributed by atoms with Crippen molar-refractivity contribution in [3.63, 3.8) is 0 Å². The summed E-state index contributed by atoms with van der Waals surface area (Å²) in [5, 5.41) is 9.94. The van der Waals surface area contributed by atoms with Crippen LogP contribution < -0.4 is 10.1 Å². The lowest BCUT2D eigenvalue weighted by atomic mass is 10.2. The molecule has 0 unspecified atom stereocenters. The van der Waals surface area contributed by atoms with E-state index in [0.29, 0.717) is 16.2 Å². The van der Waals surface area contributed by atoms with E-state index in [9.17, 15) is 9.59 Å². The fourth-order valence-electron chi connectivity index (χ4n) is 1.98. The molecule has 1 aliphatic heterocycles. The molecular formula is C17H11BrN2O3S. The predicted octanol–water partition coefficient (Wildman–Crippen LogP) is 3.81. The van der Waals surface area contributed by atoms with Crippen molar-refractivity contribution in [2.24, 2.45) is 0 Å². The predicted molar refractivity (Wildman–Crippen MR) is 97.0 cm³/mol. The minimum atomic E-state index is -0.437. The maximum atomic E-state index is 12.0. The van der Waals surface area contributed by atoms with Gasteiger partial charge in [0, 0.05) is 4.47 Å². The van der Waals surface area contributed by atoms with Gasteiger partial charge in [-0.25, -0.2) is 4.79 Å². The van der Waals surface area contributed by atoms with Gasteiger partial charge in [0.25, 0.3) is 5.91 Å². The molecule has 24 heavy (non-hydrogen) atoms. The Bertz CT molecular complexity index is 845. The first-order valence-corrected chi connectivity index (χ1v) is 8.49. The molecule has 1 aliphatic rings. The fraction of sp³-hybridized carbons (Fsp3) is 0. The molecule has 1 fully saturated rings. The average Bonchev–Trinajstić information content (AvgIpc) is 2.87. The monoisotopic (exact) mass is 402 g/mol. The van der Waals surface area contributed by atoms with Crippen molar-refractivity contribution in [1.29, 1.82) is 5.41 Å². The number of rotatable bonds is 3. The number of thioether (sulfide) groups is 1. The van der Waals surface area contributed by atoms with E-state index in [4.69, 9.17) is 10.1 Å². The van der Waals surface area contributed by atoms with Gasteiger partial charge in [0.1, 0.15) is 5.75 Å². The van der Waals surface area contributed by atoms with Crippen LogP contribution >= 0.6 is 27.7 Å². The fourth-order valence-corrected chi connectivity index (χ4v) is 2.94. The summed E-state index contributed by atoms with van der Waals surface area (Å²) >= 11 is 4.39. The van der Waals surface area contributed by atoms with E-state index in [1.54, 1.807) is 54.6 Å². The second-order valence-corrected chi connectivity index (χ2v) is 6.83. The van der Waals surface area contributed by atoms with Gasteiger partial charge in [-0.3, -0.25) is 10.2 Å². The number of nitrogens with one attached hydrogen (secondary N) is 2. The minimum Gasteiger partial charge on any atom is -0.423 e. The number of amidine groups is 1. The van der Waals surface area contributed by atoms with Gasteiger partial charge in [0.05, 0.1) is 10.5 Å². The minimum absolute atomic E-state index is 0.117. The summed E-state index contributed by atoms with van der Waals surface area (Å²) in [6.07, 6.45) is 1.68. The Balaban J connectivity index is 1.69. The van der Waals surface area contributed by atoms with Gasteiger partial charge >= 0.3 is 5.97 Å². The number of carbonyl (C=O) groups excluding carboxylic acids is 2. The molecule has 0 aromatic heterocycles. The van der Waals surface area contributed by atoms with Crippen LogP contribution in [0.15, 0.2) is 57.9 Å². The number of esters is 1. The summed E-state index contributed by atoms with van der Waals surface area (Å²) in [4.78, 5) is 24.1. The highest BCUT2D eigenvalue weighted by molar-refractivity contribution is 9.10. The lowest BCUT2D eigenvalue weighted by Crippen LogP contribution is -2.18. The van der Waals surface area contributed by atoms with Crippen LogP contribution in [0.25, 0.3) is 6.08 Å². The number of ether oxygens (including phenoxy) is 1. The van der Waals surface area contributed by atoms with Crippen LogP contribution in [0.3, 0.4) is 0 Å². The van der Waals surface area contributed by atoms with E-state index in [1.165, 1.54) is 0 Å². The van der Waals surface area contributed by atoms with Gasteiger partial charge in [0.2, 0.25) is 0 Å². The third-order valence-electron chi connectivity index (χ3n) is 3.13. The highest BCUT2D eigenvalue weighted by Crippen LogP contribution is 2.25. The molecule has 7 heteroatoms. The molecule has 0 bridgehead atoms. The lowest BCUT2D eigenvalue weighted by Gasteiger charge is -2.05. The van der Waals surface area contributed by atoms with Crippen molar-refractivity contribution in [3.05, 3.63) is 69.0 Å². The van der Waals surface area contributed by atoms with Crippen LogP contribution in [-0.4, -0.2) is 17.0 Å². The molecule has 0 aliphatic carbocycles. The van der Waals surface area contributed by atoms with Crippen molar-refractivity contribution in [3.8, 4) is 5.75 Å². The number of amides is 1. The molecule has 1 heterocycles. The Labute approximate surface area is 150 Å². The van der Waals surface area contributed by atoms with Crippen molar-refractivity contribution in [1.82, 2.24) is 5.32 Å². The van der Waals surface area contributed by atoms with Gasteiger partial charge in [-0.1, -0.05) is 28.1 Å². The maximum absolute atomic E-state index is 12.0. The Morgan fingerprint density at radius 2 is 1.79 bits per heavy atom. The smallest absolute Gasteiger partial charge is 0.343 e. The number of halogens is 1. The zero-order chi connectivity index (χ0) is 17.1. The van der Waals surface area contributed by atoms with E-state index < -0.39 is 5.97 Å². The van der Waals surface area contributed by atoms with Crippen LogP contribution in [0, 0.1) is 5.41 Å². The first-order valence-electron chi connectivity index (χ1n) is 6.88. The highest BCUT2D eigenvalue weighted by Gasteiger charge is 2.22. The molecule has 0 atom stereocenters. The summed E-state index contributed by atoms with van der Waals surface area (Å²) < 4.78 is 6.20. The topological polar surface area (TPSA) is 79.2 Å². The lowest BCUT2D eigenvalue weighted by molar-refractivity contribution is -0.115. The van der Waals surface area contributed by atoms with E-state index in [0.717, 1.165) is 21.8 Å². The average molecular weight is 403 g/mol. The summed E-state index contributed by atoms with van der Waals surface area (Å²) in [5.74, 6) is -0.301. The molecule has 120 valence electrons. The summed E-state index contributed by atoms with van der Waals surface area (Å²) in [6, 6.07) is 13.7. The number of hydrogen-bond acceptors (Lipinski definition) is 5. The largest absolute Gasteiger partial charge is 0.423 e. The summed E-state index contributed by atoms with van der Waals surface area (Å²) in [7, 11) is 0. The molecule has 2 aromatic rings. The van der Waals surface area contributed by atoms with Crippen molar-refractivity contribution >= 4 is 50.8 Å². The zero-order valence-electron chi connectivity index (χ0n) is 12.2. The van der Waals surface area contributed by atoms with E-state index in [1.807, 2.05) is 0 Å². The molecule has 0 radical (unpaired) electrons. The number of carbonyl (C=O) groups is 2. The van der Waals surface area contributed by atoms with Crippen molar-refractivity contribution in [2.75, 3.05) is 0 Å². The second kappa shape index (κ2) is 7.02. The molecule has 1 amide bonds. The number of benzene rings is 2. The Morgan fingerprint density at radius 3 is 2.38 bits per heavy atom. The van der Waals surface area contributed by atoms with E-state index in [-0.39, 0.29) is 11.1 Å². The standard InChI is InChI=1S/C17H11BrN2O3S/c18-12-5-3-11(4-6-12)16(22)23-13-7-1-10(2-8-13)9-14-15(21)20-17(19)24-14/h1-9H,(H2,19,20,21)/b14-9-. The van der Waals surface area contributed by atoms with Crippen molar-refractivity contribution < 1.29 is 14.3 Å². The van der Waals surface area contributed by atoms with Gasteiger partial charge in [-0.05, 0) is 59.8 Å². The van der Waals surface area contributed by atoms with Crippen LogP contribution in [0.4, 0.5) is 0 Å². The molecule has 2 aromatic carbocycles. The van der Waals surface area contributed by atoms with Crippen molar-refractivity contribution in [2.45, 2.75) is 0 Å². The third-order valence-corrected chi connectivity index (χ3v) is 4.49. The molecule has 0 saturated carbocycles. The quantitative estimate of drug-likeness (QED) is 0.464.